The van der Waals surface area contributed by atoms with E-state index in [2.05, 4.69) is 20.8 Å². The van der Waals surface area contributed by atoms with Crippen LogP contribution in [0, 0.1) is 46.8 Å². The van der Waals surface area contributed by atoms with Crippen LogP contribution in [-0.2, 0) is 19.1 Å². The molecule has 4 unspecified atom stereocenters. The number of carbonyl (C=O) groups is 2. The Morgan fingerprint density at radius 3 is 1.80 bits per heavy atom. The van der Waals surface area contributed by atoms with Crippen molar-refractivity contribution in [3.8, 4) is 0 Å². The van der Waals surface area contributed by atoms with Crippen LogP contribution in [0.25, 0.3) is 0 Å². The molecule has 4 aliphatic carbocycles. The lowest BCUT2D eigenvalue weighted by atomic mass is 9.71. The maximum absolute atomic E-state index is 13.2. The lowest BCUT2D eigenvalue weighted by Gasteiger charge is -2.35. The molecule has 0 aromatic heterocycles. The van der Waals surface area contributed by atoms with E-state index in [1.165, 1.54) is 25.7 Å². The molecule has 4 fully saturated rings. The summed E-state index contributed by atoms with van der Waals surface area (Å²) in [5.41, 5.74) is -0.0905. The molecule has 4 heteroatoms. The highest BCUT2D eigenvalue weighted by molar-refractivity contribution is 5.84. The summed E-state index contributed by atoms with van der Waals surface area (Å²) in [4.78, 5) is 26.3. The van der Waals surface area contributed by atoms with Crippen LogP contribution in [0.2, 0.25) is 0 Å². The molecule has 170 valence electrons. The number of hydrogen-bond acceptors (Lipinski definition) is 4. The van der Waals surface area contributed by atoms with Crippen LogP contribution in [0.3, 0.4) is 0 Å². The lowest BCUT2D eigenvalue weighted by Crippen LogP contribution is -2.41. The van der Waals surface area contributed by atoms with Gasteiger partial charge < -0.3 is 9.47 Å². The van der Waals surface area contributed by atoms with E-state index in [-0.39, 0.29) is 29.2 Å². The number of esters is 2. The zero-order chi connectivity index (χ0) is 21.3. The van der Waals surface area contributed by atoms with Gasteiger partial charge in [0.15, 0.2) is 0 Å². The van der Waals surface area contributed by atoms with Crippen molar-refractivity contribution in [1.82, 2.24) is 0 Å². The highest BCUT2D eigenvalue weighted by Gasteiger charge is 2.61. The van der Waals surface area contributed by atoms with Crippen molar-refractivity contribution in [2.75, 3.05) is 13.2 Å². The number of rotatable bonds is 6. The van der Waals surface area contributed by atoms with Crippen molar-refractivity contribution < 1.29 is 19.1 Å². The van der Waals surface area contributed by atoms with Crippen molar-refractivity contribution in [1.29, 1.82) is 0 Å². The van der Waals surface area contributed by atoms with E-state index in [0.29, 0.717) is 31.0 Å². The molecule has 4 aliphatic rings. The largest absolute Gasteiger partial charge is 0.465 e. The zero-order valence-corrected chi connectivity index (χ0v) is 19.4. The van der Waals surface area contributed by atoms with Gasteiger partial charge in [0.05, 0.1) is 25.0 Å². The van der Waals surface area contributed by atoms with Gasteiger partial charge in [0, 0.05) is 0 Å². The van der Waals surface area contributed by atoms with Crippen molar-refractivity contribution in [2.24, 2.45) is 46.8 Å². The van der Waals surface area contributed by atoms with Crippen molar-refractivity contribution in [2.45, 2.75) is 91.4 Å². The van der Waals surface area contributed by atoms with Gasteiger partial charge in [-0.3, -0.25) is 9.59 Å². The highest BCUT2D eigenvalue weighted by Crippen LogP contribution is 2.61. The number of carbonyl (C=O) groups excluding carboxylic acids is 2. The molecule has 0 amide bonds. The number of hydrogen-bond donors (Lipinski definition) is 0. The lowest BCUT2D eigenvalue weighted by molar-refractivity contribution is -0.167. The SMILES string of the molecule is CC1CCC(COC(=O)C2C3CCC(C)(C3)C2C(=O)OCC2CCC(C)CC2)CC1. The molecule has 2 bridgehead atoms. The molecular weight excluding hydrogens is 376 g/mol. The van der Waals surface area contributed by atoms with Crippen LogP contribution >= 0.6 is 0 Å². The summed E-state index contributed by atoms with van der Waals surface area (Å²) in [6, 6.07) is 0. The molecule has 0 heterocycles. The second-order valence-electron chi connectivity index (χ2n) is 11.7. The van der Waals surface area contributed by atoms with Gasteiger partial charge in [-0.2, -0.15) is 0 Å². The third-order valence-electron chi connectivity index (χ3n) is 9.15. The Balaban J connectivity index is 1.33. The monoisotopic (exact) mass is 418 g/mol. The minimum absolute atomic E-state index is 0.0905. The van der Waals surface area contributed by atoms with E-state index in [1.54, 1.807) is 0 Å². The van der Waals surface area contributed by atoms with Crippen molar-refractivity contribution >= 4 is 11.9 Å². The molecule has 30 heavy (non-hydrogen) atoms. The first-order valence-corrected chi connectivity index (χ1v) is 12.7. The Morgan fingerprint density at radius 1 is 0.767 bits per heavy atom. The maximum Gasteiger partial charge on any atom is 0.310 e. The van der Waals surface area contributed by atoms with E-state index in [0.717, 1.165) is 56.8 Å². The summed E-state index contributed by atoms with van der Waals surface area (Å²) >= 11 is 0. The standard InChI is InChI=1S/C26H42O4/c1-17-4-8-19(9-5-17)15-29-24(27)22-21-12-13-26(3,14-21)23(22)25(28)30-16-20-10-6-18(2)7-11-20/h17-23H,4-16H2,1-3H3. The molecule has 4 saturated carbocycles. The van der Waals surface area contributed by atoms with Gasteiger partial charge in [-0.1, -0.05) is 46.5 Å². The van der Waals surface area contributed by atoms with E-state index in [1.807, 2.05) is 0 Å². The zero-order valence-electron chi connectivity index (χ0n) is 19.4. The van der Waals surface area contributed by atoms with Crippen LogP contribution in [0.4, 0.5) is 0 Å². The van der Waals surface area contributed by atoms with Gasteiger partial charge >= 0.3 is 11.9 Å². The smallest absolute Gasteiger partial charge is 0.310 e. The first kappa shape index (κ1) is 22.1. The quantitative estimate of drug-likeness (QED) is 0.513. The highest BCUT2D eigenvalue weighted by atomic mass is 16.5. The molecule has 0 aromatic rings. The molecule has 0 radical (unpaired) electrons. The first-order chi connectivity index (χ1) is 14.4. The van der Waals surface area contributed by atoms with Gasteiger partial charge in [0.25, 0.3) is 0 Å². The van der Waals surface area contributed by atoms with E-state index < -0.39 is 0 Å². The van der Waals surface area contributed by atoms with Crippen LogP contribution < -0.4 is 0 Å². The molecular formula is C26H42O4. The Bertz CT molecular complexity index is 615. The Morgan fingerprint density at radius 2 is 1.27 bits per heavy atom. The third kappa shape index (κ3) is 4.72. The molecule has 0 saturated heterocycles. The second kappa shape index (κ2) is 9.20. The fourth-order valence-corrected chi connectivity index (χ4v) is 6.95. The molecule has 0 spiro atoms. The summed E-state index contributed by atoms with van der Waals surface area (Å²) in [5.74, 6) is 2.03. The molecule has 4 nitrogen and oxygen atoms in total. The Hall–Kier alpha value is -1.06. The average molecular weight is 419 g/mol. The Kier molecular flexibility index (Phi) is 6.79. The van der Waals surface area contributed by atoms with Crippen LogP contribution in [0.15, 0.2) is 0 Å². The maximum atomic E-state index is 13.2. The normalized spacial score (nSPS) is 43.4. The predicted octanol–water partition coefficient (Wildman–Crippen LogP) is 5.78. The summed E-state index contributed by atoms with van der Waals surface area (Å²) in [6.45, 7) is 7.88. The van der Waals surface area contributed by atoms with Gasteiger partial charge in [0.2, 0.25) is 0 Å². The third-order valence-corrected chi connectivity index (χ3v) is 9.15. The molecule has 4 rings (SSSR count). The molecule has 4 atom stereocenters. The second-order valence-corrected chi connectivity index (χ2v) is 11.7. The summed E-state index contributed by atoms with van der Waals surface area (Å²) in [5, 5.41) is 0. The molecule has 0 aromatic carbocycles. The van der Waals surface area contributed by atoms with Gasteiger partial charge in [-0.25, -0.2) is 0 Å². The molecule has 0 N–H and O–H groups in total. The summed E-state index contributed by atoms with van der Waals surface area (Å²) in [6.07, 6.45) is 12.6. The summed E-state index contributed by atoms with van der Waals surface area (Å²) in [7, 11) is 0. The fraction of sp³-hybridized carbons (Fsp3) is 0.923. The van der Waals surface area contributed by atoms with Crippen molar-refractivity contribution in [3.05, 3.63) is 0 Å². The van der Waals surface area contributed by atoms with E-state index in [4.69, 9.17) is 9.47 Å². The van der Waals surface area contributed by atoms with E-state index in [9.17, 15) is 9.59 Å². The van der Waals surface area contributed by atoms with Crippen LogP contribution in [0.1, 0.15) is 91.4 Å². The summed E-state index contributed by atoms with van der Waals surface area (Å²) < 4.78 is 11.7. The minimum Gasteiger partial charge on any atom is -0.465 e. The molecule has 0 aliphatic heterocycles. The van der Waals surface area contributed by atoms with E-state index >= 15 is 0 Å². The van der Waals surface area contributed by atoms with Gasteiger partial charge in [-0.15, -0.1) is 0 Å². The Labute approximate surface area is 182 Å². The number of ether oxygens (including phenoxy) is 2. The number of fused-ring (bicyclic) bond motifs is 2. The predicted molar refractivity (Wildman–Crippen MR) is 117 cm³/mol. The first-order valence-electron chi connectivity index (χ1n) is 12.7. The van der Waals surface area contributed by atoms with Crippen molar-refractivity contribution in [3.63, 3.8) is 0 Å². The van der Waals surface area contributed by atoms with Gasteiger partial charge in [0.1, 0.15) is 0 Å². The van der Waals surface area contributed by atoms with Crippen LogP contribution in [-0.4, -0.2) is 25.2 Å². The minimum atomic E-state index is -0.308. The van der Waals surface area contributed by atoms with Gasteiger partial charge in [-0.05, 0) is 80.0 Å². The fourth-order valence-electron chi connectivity index (χ4n) is 6.95. The average Bonchev–Trinajstić information content (AvgIpc) is 3.26. The topological polar surface area (TPSA) is 52.6 Å². The van der Waals surface area contributed by atoms with Crippen LogP contribution in [0.5, 0.6) is 0 Å².